The lowest BCUT2D eigenvalue weighted by Gasteiger charge is -2.08. The van der Waals surface area contributed by atoms with Gasteiger partial charge in [0.15, 0.2) is 0 Å². The van der Waals surface area contributed by atoms with Gasteiger partial charge in [0.2, 0.25) is 0 Å². The smallest absolute Gasteiger partial charge is 0.270 e. The highest BCUT2D eigenvalue weighted by atomic mass is 19.1. The molecule has 0 aliphatic heterocycles. The lowest BCUT2D eigenvalue weighted by atomic mass is 10.1. The van der Waals surface area contributed by atoms with Crippen molar-refractivity contribution in [3.8, 4) is 0 Å². The van der Waals surface area contributed by atoms with E-state index in [-0.39, 0.29) is 22.6 Å². The number of rotatable bonds is 3. The largest absolute Gasteiger partial charge is 0.397 e. The highest BCUT2D eigenvalue weighted by molar-refractivity contribution is 6.06. The van der Waals surface area contributed by atoms with Crippen molar-refractivity contribution in [1.29, 1.82) is 0 Å². The van der Waals surface area contributed by atoms with Crippen LogP contribution >= 0.6 is 0 Å². The molecule has 0 heterocycles. The van der Waals surface area contributed by atoms with Crippen LogP contribution in [-0.4, -0.2) is 10.8 Å². The molecule has 0 saturated heterocycles. The number of nitrogen functional groups attached to an aromatic ring is 1. The number of nitrogens with one attached hydrogen (secondary N) is 1. The topological polar surface area (TPSA) is 98.3 Å². The van der Waals surface area contributed by atoms with Crippen LogP contribution in [0.2, 0.25) is 0 Å². The molecule has 0 radical (unpaired) electrons. The SMILES string of the molecule is Cc1cc(C(=O)Nc2cc(F)ccc2N)cc([N+](=O)[O-])c1. The second kappa shape index (κ2) is 5.58. The number of aryl methyl sites for hydroxylation is 1. The molecule has 2 aromatic rings. The molecule has 0 saturated carbocycles. The number of halogens is 1. The summed E-state index contributed by atoms with van der Waals surface area (Å²) in [6.07, 6.45) is 0. The maximum Gasteiger partial charge on any atom is 0.270 e. The first-order valence-electron chi connectivity index (χ1n) is 5.99. The molecule has 0 atom stereocenters. The molecule has 0 aromatic heterocycles. The molecule has 0 unspecified atom stereocenters. The predicted molar refractivity (Wildman–Crippen MR) is 76.6 cm³/mol. The van der Waals surface area contributed by atoms with E-state index in [1.165, 1.54) is 24.3 Å². The van der Waals surface area contributed by atoms with Crippen LogP contribution in [0, 0.1) is 22.9 Å². The summed E-state index contributed by atoms with van der Waals surface area (Å²) in [5.74, 6) is -1.14. The van der Waals surface area contributed by atoms with Crippen molar-refractivity contribution in [2.75, 3.05) is 11.1 Å². The van der Waals surface area contributed by atoms with E-state index >= 15 is 0 Å². The number of amides is 1. The second-order valence-corrected chi connectivity index (χ2v) is 4.50. The van der Waals surface area contributed by atoms with E-state index in [4.69, 9.17) is 5.73 Å². The summed E-state index contributed by atoms with van der Waals surface area (Å²) in [6, 6.07) is 7.58. The van der Waals surface area contributed by atoms with Gasteiger partial charge in [-0.05, 0) is 36.8 Å². The van der Waals surface area contributed by atoms with Crippen LogP contribution in [0.5, 0.6) is 0 Å². The summed E-state index contributed by atoms with van der Waals surface area (Å²) in [7, 11) is 0. The summed E-state index contributed by atoms with van der Waals surface area (Å²) in [6.45, 7) is 1.64. The van der Waals surface area contributed by atoms with Crippen molar-refractivity contribution in [3.05, 3.63) is 63.5 Å². The van der Waals surface area contributed by atoms with E-state index in [1.54, 1.807) is 6.92 Å². The summed E-state index contributed by atoms with van der Waals surface area (Å²) < 4.78 is 13.1. The normalized spacial score (nSPS) is 10.2. The van der Waals surface area contributed by atoms with Crippen molar-refractivity contribution in [1.82, 2.24) is 0 Å². The minimum Gasteiger partial charge on any atom is -0.397 e. The molecule has 0 fully saturated rings. The van der Waals surface area contributed by atoms with Crippen LogP contribution in [0.3, 0.4) is 0 Å². The Labute approximate surface area is 119 Å². The average molecular weight is 289 g/mol. The fraction of sp³-hybridized carbons (Fsp3) is 0.0714. The van der Waals surface area contributed by atoms with Crippen molar-refractivity contribution in [2.24, 2.45) is 0 Å². The molecule has 1 amide bonds. The van der Waals surface area contributed by atoms with Crippen LogP contribution in [-0.2, 0) is 0 Å². The number of carbonyl (C=O) groups is 1. The average Bonchev–Trinajstić information content (AvgIpc) is 2.42. The molecule has 7 heteroatoms. The monoisotopic (exact) mass is 289 g/mol. The van der Waals surface area contributed by atoms with Crippen LogP contribution < -0.4 is 11.1 Å². The number of nitrogens with two attached hydrogens (primary N) is 1. The summed E-state index contributed by atoms with van der Waals surface area (Å²) >= 11 is 0. The van der Waals surface area contributed by atoms with E-state index < -0.39 is 16.6 Å². The Morgan fingerprint density at radius 1 is 1.29 bits per heavy atom. The van der Waals surface area contributed by atoms with Crippen molar-refractivity contribution in [2.45, 2.75) is 6.92 Å². The first-order chi connectivity index (χ1) is 9.86. The van der Waals surface area contributed by atoms with Gasteiger partial charge in [-0.3, -0.25) is 14.9 Å². The Morgan fingerprint density at radius 3 is 2.67 bits per heavy atom. The number of hydrogen-bond acceptors (Lipinski definition) is 4. The van der Waals surface area contributed by atoms with E-state index in [1.807, 2.05) is 0 Å². The molecule has 0 bridgehead atoms. The van der Waals surface area contributed by atoms with E-state index in [0.717, 1.165) is 12.1 Å². The molecule has 3 N–H and O–H groups in total. The first kappa shape index (κ1) is 14.4. The predicted octanol–water partition coefficient (Wildman–Crippen LogP) is 2.88. The molecule has 2 rings (SSSR count). The maximum absolute atomic E-state index is 13.1. The van der Waals surface area contributed by atoms with Gasteiger partial charge in [-0.1, -0.05) is 0 Å². The van der Waals surface area contributed by atoms with Gasteiger partial charge in [0.05, 0.1) is 16.3 Å². The minimum absolute atomic E-state index is 0.102. The van der Waals surface area contributed by atoms with Crippen LogP contribution in [0.4, 0.5) is 21.5 Å². The van der Waals surface area contributed by atoms with Gasteiger partial charge in [0.25, 0.3) is 11.6 Å². The van der Waals surface area contributed by atoms with E-state index in [9.17, 15) is 19.3 Å². The highest BCUT2D eigenvalue weighted by Crippen LogP contribution is 2.22. The number of nitro groups is 1. The lowest BCUT2D eigenvalue weighted by molar-refractivity contribution is -0.384. The molecule has 0 aliphatic carbocycles. The third kappa shape index (κ3) is 3.33. The highest BCUT2D eigenvalue weighted by Gasteiger charge is 2.14. The second-order valence-electron chi connectivity index (χ2n) is 4.50. The number of nitrogens with zero attached hydrogens (tertiary/aromatic N) is 1. The van der Waals surface area contributed by atoms with Gasteiger partial charge in [-0.2, -0.15) is 0 Å². The van der Waals surface area contributed by atoms with E-state index in [2.05, 4.69) is 5.32 Å². The Kier molecular flexibility index (Phi) is 3.84. The molecular weight excluding hydrogens is 277 g/mol. The third-order valence-electron chi connectivity index (χ3n) is 2.80. The zero-order valence-corrected chi connectivity index (χ0v) is 11.1. The van der Waals surface area contributed by atoms with Gasteiger partial charge in [-0.25, -0.2) is 4.39 Å². The van der Waals surface area contributed by atoms with Crippen LogP contribution in [0.25, 0.3) is 0 Å². The molecule has 21 heavy (non-hydrogen) atoms. The number of anilines is 2. The Morgan fingerprint density at radius 2 is 2.00 bits per heavy atom. The Balaban J connectivity index is 2.32. The Hall–Kier alpha value is -2.96. The van der Waals surface area contributed by atoms with Crippen molar-refractivity contribution >= 4 is 23.0 Å². The Bertz CT molecular complexity index is 731. The minimum atomic E-state index is -0.598. The zero-order valence-electron chi connectivity index (χ0n) is 11.1. The zero-order chi connectivity index (χ0) is 15.6. The van der Waals surface area contributed by atoms with Crippen molar-refractivity contribution in [3.63, 3.8) is 0 Å². The first-order valence-corrected chi connectivity index (χ1v) is 5.99. The number of benzene rings is 2. The molecular formula is C14H12FN3O3. The molecule has 0 aliphatic rings. The quantitative estimate of drug-likeness (QED) is 0.515. The standard InChI is InChI=1S/C14H12FN3O3/c1-8-4-9(6-11(5-8)18(20)21)14(19)17-13-7-10(15)2-3-12(13)16/h2-7H,16H2,1H3,(H,17,19). The third-order valence-corrected chi connectivity index (χ3v) is 2.80. The van der Waals surface area contributed by atoms with Gasteiger partial charge in [0, 0.05) is 17.7 Å². The number of carbonyl (C=O) groups excluding carboxylic acids is 1. The molecule has 0 spiro atoms. The van der Waals surface area contributed by atoms with Gasteiger partial charge < -0.3 is 11.1 Å². The fourth-order valence-corrected chi connectivity index (χ4v) is 1.83. The summed E-state index contributed by atoms with van der Waals surface area (Å²) in [5, 5.41) is 13.2. The number of non-ortho nitro benzene ring substituents is 1. The van der Waals surface area contributed by atoms with Crippen molar-refractivity contribution < 1.29 is 14.1 Å². The number of nitro benzene ring substituents is 1. The van der Waals surface area contributed by atoms with E-state index in [0.29, 0.717) is 5.56 Å². The number of hydrogen-bond donors (Lipinski definition) is 2. The molecule has 6 nitrogen and oxygen atoms in total. The lowest BCUT2D eigenvalue weighted by Crippen LogP contribution is -2.14. The van der Waals surface area contributed by atoms with Gasteiger partial charge in [0.1, 0.15) is 5.82 Å². The summed E-state index contributed by atoms with van der Waals surface area (Å²) in [5.41, 5.74) is 6.44. The fourth-order valence-electron chi connectivity index (χ4n) is 1.83. The van der Waals surface area contributed by atoms with Crippen LogP contribution in [0.1, 0.15) is 15.9 Å². The van der Waals surface area contributed by atoms with Gasteiger partial charge in [-0.15, -0.1) is 0 Å². The van der Waals surface area contributed by atoms with Crippen LogP contribution in [0.15, 0.2) is 36.4 Å². The molecule has 2 aromatic carbocycles. The van der Waals surface area contributed by atoms with Gasteiger partial charge >= 0.3 is 0 Å². The molecule has 108 valence electrons. The maximum atomic E-state index is 13.1. The summed E-state index contributed by atoms with van der Waals surface area (Å²) in [4.78, 5) is 22.3.